The van der Waals surface area contributed by atoms with Crippen molar-refractivity contribution in [3.05, 3.63) is 0 Å². The lowest BCUT2D eigenvalue weighted by Gasteiger charge is -2.22. The van der Waals surface area contributed by atoms with E-state index in [-0.39, 0.29) is 17.5 Å². The Labute approximate surface area is 78.2 Å². The van der Waals surface area contributed by atoms with Crippen LogP contribution < -0.4 is 5.32 Å². The molecule has 2 rings (SSSR count). The van der Waals surface area contributed by atoms with E-state index >= 15 is 0 Å². The van der Waals surface area contributed by atoms with Crippen molar-refractivity contribution >= 4 is 5.91 Å². The normalized spacial score (nSPS) is 26.9. The van der Waals surface area contributed by atoms with Crippen molar-refractivity contribution in [1.82, 2.24) is 10.2 Å². The van der Waals surface area contributed by atoms with Gasteiger partial charge in [0.2, 0.25) is 5.91 Å². The second kappa shape index (κ2) is 2.96. The molecule has 1 spiro atoms. The van der Waals surface area contributed by atoms with E-state index in [0.29, 0.717) is 13.3 Å². The van der Waals surface area contributed by atoms with Gasteiger partial charge in [0.1, 0.15) is 0 Å². The maximum Gasteiger partial charge on any atom is 0.244 e. The molecule has 4 nitrogen and oxygen atoms in total. The van der Waals surface area contributed by atoms with Crippen LogP contribution in [0.2, 0.25) is 0 Å². The van der Waals surface area contributed by atoms with Gasteiger partial charge in [0.25, 0.3) is 0 Å². The molecule has 1 N–H and O–H groups in total. The molecule has 1 unspecified atom stereocenters. The number of carbonyl (C=O) groups excluding carboxylic acids is 1. The molecule has 0 aromatic rings. The van der Waals surface area contributed by atoms with Crippen LogP contribution in [0, 0.1) is 0 Å². The van der Waals surface area contributed by atoms with Crippen molar-refractivity contribution in [1.29, 1.82) is 0 Å². The molecular weight excluding hydrogens is 168 g/mol. The highest BCUT2D eigenvalue weighted by Gasteiger charge is 2.56. The third-order valence-electron chi connectivity index (χ3n) is 2.95. The number of carbonyl (C=O) groups is 1. The summed E-state index contributed by atoms with van der Waals surface area (Å²) in [6, 6.07) is 0.185. The van der Waals surface area contributed by atoms with E-state index in [4.69, 9.17) is 4.74 Å². The van der Waals surface area contributed by atoms with E-state index in [2.05, 4.69) is 5.32 Å². The van der Waals surface area contributed by atoms with Crippen LogP contribution in [0.15, 0.2) is 0 Å². The molecule has 0 bridgehead atoms. The summed E-state index contributed by atoms with van der Waals surface area (Å²) in [5, 5.41) is 3.27. The molecule has 1 saturated carbocycles. The highest BCUT2D eigenvalue weighted by atomic mass is 16.5. The molecular formula is C9H16N2O2. The van der Waals surface area contributed by atoms with E-state index in [1.54, 1.807) is 7.11 Å². The van der Waals surface area contributed by atoms with Gasteiger partial charge in [0.15, 0.2) is 0 Å². The predicted octanol–water partition coefficient (Wildman–Crippen LogP) is -0.0568. The van der Waals surface area contributed by atoms with Crippen LogP contribution in [0.5, 0.6) is 0 Å². The number of ether oxygens (including phenoxy) is 1. The molecule has 13 heavy (non-hydrogen) atoms. The highest BCUT2D eigenvalue weighted by molar-refractivity contribution is 5.91. The van der Waals surface area contributed by atoms with Crippen molar-refractivity contribution in [2.75, 3.05) is 20.4 Å². The van der Waals surface area contributed by atoms with Gasteiger partial charge in [-0.3, -0.25) is 10.1 Å². The maximum atomic E-state index is 11.8. The first kappa shape index (κ1) is 8.97. The lowest BCUT2D eigenvalue weighted by Crippen LogP contribution is -2.39. The second-order valence-corrected chi connectivity index (χ2v) is 4.00. The first-order valence-electron chi connectivity index (χ1n) is 4.75. The summed E-state index contributed by atoms with van der Waals surface area (Å²) in [5.74, 6) is 0.261. The van der Waals surface area contributed by atoms with E-state index in [1.807, 2.05) is 11.8 Å². The number of rotatable bonds is 3. The van der Waals surface area contributed by atoms with Crippen LogP contribution in [-0.2, 0) is 9.53 Å². The average Bonchev–Trinajstić information content (AvgIpc) is 2.78. The lowest BCUT2D eigenvalue weighted by atomic mass is 10.2. The van der Waals surface area contributed by atoms with Gasteiger partial charge in [-0.25, -0.2) is 0 Å². The Hall–Kier alpha value is -0.610. The zero-order valence-electron chi connectivity index (χ0n) is 8.17. The summed E-state index contributed by atoms with van der Waals surface area (Å²) in [4.78, 5) is 13.7. The molecule has 0 radical (unpaired) electrons. The van der Waals surface area contributed by atoms with Gasteiger partial charge < -0.3 is 9.64 Å². The molecule has 1 aliphatic carbocycles. The Kier molecular flexibility index (Phi) is 2.04. The number of nitrogens with zero attached hydrogens (tertiary/aromatic N) is 1. The number of methoxy groups -OCH3 is 1. The van der Waals surface area contributed by atoms with Crippen LogP contribution in [0.4, 0.5) is 0 Å². The lowest BCUT2D eigenvalue weighted by molar-refractivity contribution is -0.132. The monoisotopic (exact) mass is 184 g/mol. The van der Waals surface area contributed by atoms with Gasteiger partial charge in [-0.2, -0.15) is 0 Å². The van der Waals surface area contributed by atoms with Gasteiger partial charge in [-0.1, -0.05) is 0 Å². The smallest absolute Gasteiger partial charge is 0.244 e. The van der Waals surface area contributed by atoms with Gasteiger partial charge in [-0.15, -0.1) is 0 Å². The Morgan fingerprint density at radius 1 is 1.69 bits per heavy atom. The highest BCUT2D eigenvalue weighted by Crippen LogP contribution is 2.40. The van der Waals surface area contributed by atoms with Crippen molar-refractivity contribution in [3.8, 4) is 0 Å². The summed E-state index contributed by atoms with van der Waals surface area (Å²) in [6.45, 7) is 3.32. The molecule has 2 aliphatic rings. The molecule has 2 fully saturated rings. The molecule has 0 aromatic heterocycles. The quantitative estimate of drug-likeness (QED) is 0.668. The third-order valence-corrected chi connectivity index (χ3v) is 2.95. The number of hydrogen-bond donors (Lipinski definition) is 1. The predicted molar refractivity (Wildman–Crippen MR) is 48.2 cm³/mol. The van der Waals surface area contributed by atoms with E-state index < -0.39 is 0 Å². The summed E-state index contributed by atoms with van der Waals surface area (Å²) >= 11 is 0. The molecule has 74 valence electrons. The van der Waals surface area contributed by atoms with E-state index in [0.717, 1.165) is 12.8 Å². The van der Waals surface area contributed by atoms with Crippen LogP contribution >= 0.6 is 0 Å². The Morgan fingerprint density at radius 2 is 2.38 bits per heavy atom. The SMILES string of the molecule is COCC(C)N1CNC2(CC2)C1=O. The van der Waals surface area contributed by atoms with E-state index in [9.17, 15) is 4.79 Å². The average molecular weight is 184 g/mol. The Morgan fingerprint density at radius 3 is 2.85 bits per heavy atom. The van der Waals surface area contributed by atoms with Crippen LogP contribution in [0.1, 0.15) is 19.8 Å². The molecule has 4 heteroatoms. The number of nitrogens with one attached hydrogen (secondary N) is 1. The van der Waals surface area contributed by atoms with Crippen molar-refractivity contribution in [2.24, 2.45) is 0 Å². The topological polar surface area (TPSA) is 41.6 Å². The largest absolute Gasteiger partial charge is 0.383 e. The van der Waals surface area contributed by atoms with Crippen molar-refractivity contribution in [3.63, 3.8) is 0 Å². The van der Waals surface area contributed by atoms with Gasteiger partial charge in [0.05, 0.1) is 24.9 Å². The summed E-state index contributed by atoms with van der Waals surface area (Å²) in [5.41, 5.74) is -0.165. The fourth-order valence-corrected chi connectivity index (χ4v) is 1.86. The molecule has 0 aromatic carbocycles. The van der Waals surface area contributed by atoms with Crippen LogP contribution in [0.3, 0.4) is 0 Å². The zero-order valence-corrected chi connectivity index (χ0v) is 8.17. The van der Waals surface area contributed by atoms with Crippen molar-refractivity contribution < 1.29 is 9.53 Å². The Bertz CT molecular complexity index is 226. The molecule has 1 amide bonds. The molecule has 1 heterocycles. The summed E-state index contributed by atoms with van der Waals surface area (Å²) < 4.78 is 5.03. The van der Waals surface area contributed by atoms with Gasteiger partial charge in [0, 0.05) is 7.11 Å². The summed E-state index contributed by atoms with van der Waals surface area (Å²) in [6.07, 6.45) is 2.00. The fourth-order valence-electron chi connectivity index (χ4n) is 1.86. The minimum atomic E-state index is -0.165. The Balaban J connectivity index is 1.98. The first-order chi connectivity index (χ1) is 6.19. The van der Waals surface area contributed by atoms with Crippen LogP contribution in [0.25, 0.3) is 0 Å². The fraction of sp³-hybridized carbons (Fsp3) is 0.889. The molecule has 1 saturated heterocycles. The third kappa shape index (κ3) is 1.34. The first-order valence-corrected chi connectivity index (χ1v) is 4.75. The minimum Gasteiger partial charge on any atom is -0.383 e. The van der Waals surface area contributed by atoms with Gasteiger partial charge >= 0.3 is 0 Å². The maximum absolute atomic E-state index is 11.8. The number of hydrogen-bond acceptors (Lipinski definition) is 3. The standard InChI is InChI=1S/C9H16N2O2/c1-7(5-13-2)11-6-10-9(3-4-9)8(11)12/h7,10H,3-6H2,1-2H3. The zero-order chi connectivity index (χ0) is 9.47. The number of amides is 1. The van der Waals surface area contributed by atoms with Crippen LogP contribution in [-0.4, -0.2) is 42.8 Å². The molecule has 1 aliphatic heterocycles. The van der Waals surface area contributed by atoms with Gasteiger partial charge in [-0.05, 0) is 19.8 Å². The minimum absolute atomic E-state index is 0.165. The molecule has 1 atom stereocenters. The van der Waals surface area contributed by atoms with Crippen molar-refractivity contribution in [2.45, 2.75) is 31.3 Å². The summed E-state index contributed by atoms with van der Waals surface area (Å²) in [7, 11) is 1.66. The van der Waals surface area contributed by atoms with E-state index in [1.165, 1.54) is 0 Å². The second-order valence-electron chi connectivity index (χ2n) is 4.00.